The highest BCUT2D eigenvalue weighted by Crippen LogP contribution is 2.27. The van der Waals surface area contributed by atoms with E-state index in [2.05, 4.69) is 19.1 Å². The molecule has 2 aromatic rings. The van der Waals surface area contributed by atoms with Crippen molar-refractivity contribution < 1.29 is 9.59 Å². The Morgan fingerprint density at radius 1 is 1.08 bits per heavy atom. The molecule has 4 nitrogen and oxygen atoms in total. The Morgan fingerprint density at radius 3 is 2.38 bits per heavy atom. The molecule has 0 unspecified atom stereocenters. The van der Waals surface area contributed by atoms with E-state index in [1.807, 2.05) is 35.2 Å². The molecule has 1 fully saturated rings. The van der Waals surface area contributed by atoms with Crippen LogP contribution in [0.2, 0.25) is 0 Å². The summed E-state index contributed by atoms with van der Waals surface area (Å²) in [7, 11) is 0. The maximum absolute atomic E-state index is 13.0. The van der Waals surface area contributed by atoms with E-state index < -0.39 is 0 Å². The number of nitrogens with zero attached hydrogens (tertiary/aromatic N) is 2. The molecule has 1 aliphatic carbocycles. The third-order valence-corrected chi connectivity index (χ3v) is 5.65. The molecule has 1 aliphatic rings. The number of hydrogen-bond acceptors (Lipinski definition) is 3. The largest absolute Gasteiger partial charge is 0.332 e. The van der Waals surface area contributed by atoms with Gasteiger partial charge in [-0.25, -0.2) is 0 Å². The second kappa shape index (κ2) is 8.69. The van der Waals surface area contributed by atoms with Crippen molar-refractivity contribution in [3.63, 3.8) is 0 Å². The first-order chi connectivity index (χ1) is 12.6. The quantitative estimate of drug-likeness (QED) is 0.643. The second-order valence-electron chi connectivity index (χ2n) is 6.63. The number of thiophene rings is 1. The van der Waals surface area contributed by atoms with E-state index in [1.54, 1.807) is 16.2 Å². The number of hydrogen-bond donors (Lipinski definition) is 0. The standard InChI is InChI=1S/C20H23ClN2O2S/c1-15-7-10-18(26-15)13-22(12-16-5-3-2-4-6-16)20(25)14-23(17-8-9-17)19(24)11-21/h2-7,10,17H,8-9,11-14H2,1H3. The lowest BCUT2D eigenvalue weighted by Crippen LogP contribution is -2.44. The Hall–Kier alpha value is -1.85. The summed E-state index contributed by atoms with van der Waals surface area (Å²) in [6.45, 7) is 3.25. The van der Waals surface area contributed by atoms with Crippen LogP contribution in [0.1, 0.15) is 28.2 Å². The van der Waals surface area contributed by atoms with Gasteiger partial charge < -0.3 is 9.80 Å². The van der Waals surface area contributed by atoms with Crippen LogP contribution in [0.3, 0.4) is 0 Å². The Balaban J connectivity index is 1.74. The van der Waals surface area contributed by atoms with Crippen LogP contribution in [-0.4, -0.2) is 40.1 Å². The normalized spacial score (nSPS) is 13.5. The van der Waals surface area contributed by atoms with Crippen molar-refractivity contribution in [3.05, 3.63) is 57.8 Å². The molecule has 0 spiro atoms. The summed E-state index contributed by atoms with van der Waals surface area (Å²) in [5.74, 6) is -0.272. The van der Waals surface area contributed by atoms with Crippen molar-refractivity contribution in [2.45, 2.75) is 38.9 Å². The zero-order chi connectivity index (χ0) is 18.5. The molecule has 6 heteroatoms. The lowest BCUT2D eigenvalue weighted by molar-refractivity contribution is -0.140. The summed E-state index contributed by atoms with van der Waals surface area (Å²) >= 11 is 7.43. The van der Waals surface area contributed by atoms with E-state index in [0.29, 0.717) is 13.1 Å². The van der Waals surface area contributed by atoms with E-state index in [-0.39, 0.29) is 30.3 Å². The van der Waals surface area contributed by atoms with Crippen LogP contribution in [0.5, 0.6) is 0 Å². The number of alkyl halides is 1. The maximum Gasteiger partial charge on any atom is 0.242 e. The lowest BCUT2D eigenvalue weighted by atomic mass is 10.2. The fourth-order valence-corrected chi connectivity index (χ4v) is 3.98. The lowest BCUT2D eigenvalue weighted by Gasteiger charge is -2.27. The van der Waals surface area contributed by atoms with E-state index in [9.17, 15) is 9.59 Å². The molecule has 138 valence electrons. The van der Waals surface area contributed by atoms with Crippen LogP contribution in [0.25, 0.3) is 0 Å². The number of amides is 2. The Kier molecular flexibility index (Phi) is 6.33. The van der Waals surface area contributed by atoms with Gasteiger partial charge in [-0.1, -0.05) is 30.3 Å². The third-order valence-electron chi connectivity index (χ3n) is 4.44. The van der Waals surface area contributed by atoms with Gasteiger partial charge in [-0.2, -0.15) is 0 Å². The van der Waals surface area contributed by atoms with Crippen molar-refractivity contribution >= 4 is 34.8 Å². The molecule has 2 amide bonds. The van der Waals surface area contributed by atoms with Gasteiger partial charge in [-0.3, -0.25) is 9.59 Å². The molecule has 0 saturated heterocycles. The summed E-state index contributed by atoms with van der Waals surface area (Å²) in [6, 6.07) is 14.2. The van der Waals surface area contributed by atoms with Gasteiger partial charge in [0.15, 0.2) is 0 Å². The molecule has 0 N–H and O–H groups in total. The Morgan fingerprint density at radius 2 is 1.81 bits per heavy atom. The van der Waals surface area contributed by atoms with Crippen molar-refractivity contribution in [1.29, 1.82) is 0 Å². The number of benzene rings is 1. The van der Waals surface area contributed by atoms with Crippen molar-refractivity contribution in [2.24, 2.45) is 0 Å². The highest BCUT2D eigenvalue weighted by Gasteiger charge is 2.34. The Bertz CT molecular complexity index is 758. The SMILES string of the molecule is Cc1ccc(CN(Cc2ccccc2)C(=O)CN(C(=O)CCl)C2CC2)s1. The smallest absolute Gasteiger partial charge is 0.242 e. The molecule has 3 rings (SSSR count). The van der Waals surface area contributed by atoms with Crippen molar-refractivity contribution in [3.8, 4) is 0 Å². The van der Waals surface area contributed by atoms with E-state index >= 15 is 0 Å². The van der Waals surface area contributed by atoms with Gasteiger partial charge in [-0.05, 0) is 37.5 Å². The molecule has 0 radical (unpaired) electrons. The Labute approximate surface area is 163 Å². The van der Waals surface area contributed by atoms with Gasteiger partial charge in [-0.15, -0.1) is 22.9 Å². The monoisotopic (exact) mass is 390 g/mol. The van der Waals surface area contributed by atoms with Crippen LogP contribution in [0, 0.1) is 6.92 Å². The molecule has 1 saturated carbocycles. The molecule has 0 bridgehead atoms. The predicted octanol–water partition coefficient (Wildman–Crippen LogP) is 3.82. The van der Waals surface area contributed by atoms with Crippen LogP contribution in [0.15, 0.2) is 42.5 Å². The summed E-state index contributed by atoms with van der Waals surface area (Å²) in [6.07, 6.45) is 1.91. The molecule has 1 heterocycles. The first-order valence-electron chi connectivity index (χ1n) is 8.79. The molecule has 1 aromatic heterocycles. The fourth-order valence-electron chi connectivity index (χ4n) is 2.92. The summed E-state index contributed by atoms with van der Waals surface area (Å²) < 4.78 is 0. The minimum atomic E-state index is -0.158. The van der Waals surface area contributed by atoms with Crippen LogP contribution < -0.4 is 0 Å². The first kappa shape index (κ1) is 18.9. The van der Waals surface area contributed by atoms with E-state index in [0.717, 1.165) is 23.3 Å². The van der Waals surface area contributed by atoms with Crippen LogP contribution in [-0.2, 0) is 22.7 Å². The van der Waals surface area contributed by atoms with Crippen LogP contribution >= 0.6 is 22.9 Å². The zero-order valence-corrected chi connectivity index (χ0v) is 16.4. The predicted molar refractivity (Wildman–Crippen MR) is 105 cm³/mol. The molecule has 26 heavy (non-hydrogen) atoms. The highest BCUT2D eigenvalue weighted by atomic mass is 35.5. The van der Waals surface area contributed by atoms with E-state index in [1.165, 1.54) is 4.88 Å². The number of aryl methyl sites for hydroxylation is 1. The topological polar surface area (TPSA) is 40.6 Å². The average molecular weight is 391 g/mol. The van der Waals surface area contributed by atoms with Gasteiger partial charge in [0.1, 0.15) is 12.4 Å². The molecule has 0 atom stereocenters. The highest BCUT2D eigenvalue weighted by molar-refractivity contribution is 7.11. The molecular formula is C20H23ClN2O2S. The maximum atomic E-state index is 13.0. The fraction of sp³-hybridized carbons (Fsp3) is 0.400. The van der Waals surface area contributed by atoms with Crippen molar-refractivity contribution in [1.82, 2.24) is 9.80 Å². The number of halogens is 1. The number of carbonyl (C=O) groups is 2. The number of carbonyl (C=O) groups excluding carboxylic acids is 2. The second-order valence-corrected chi connectivity index (χ2v) is 8.27. The number of rotatable bonds is 8. The average Bonchev–Trinajstić information content (AvgIpc) is 3.41. The molecule has 0 aliphatic heterocycles. The first-order valence-corrected chi connectivity index (χ1v) is 10.1. The van der Waals surface area contributed by atoms with Crippen LogP contribution in [0.4, 0.5) is 0 Å². The van der Waals surface area contributed by atoms with Crippen molar-refractivity contribution in [2.75, 3.05) is 12.4 Å². The summed E-state index contributed by atoms with van der Waals surface area (Å²) in [5.41, 5.74) is 1.08. The summed E-state index contributed by atoms with van der Waals surface area (Å²) in [4.78, 5) is 31.0. The van der Waals surface area contributed by atoms with Gasteiger partial charge in [0.25, 0.3) is 0 Å². The van der Waals surface area contributed by atoms with Gasteiger partial charge in [0.05, 0.1) is 6.54 Å². The van der Waals surface area contributed by atoms with Gasteiger partial charge in [0, 0.05) is 22.3 Å². The molecular weight excluding hydrogens is 368 g/mol. The molecule has 1 aromatic carbocycles. The van der Waals surface area contributed by atoms with Gasteiger partial charge >= 0.3 is 0 Å². The van der Waals surface area contributed by atoms with E-state index in [4.69, 9.17) is 11.6 Å². The van der Waals surface area contributed by atoms with Gasteiger partial charge in [0.2, 0.25) is 11.8 Å². The minimum absolute atomic E-state index is 0.0368. The summed E-state index contributed by atoms with van der Waals surface area (Å²) in [5, 5.41) is 0. The third kappa shape index (κ3) is 5.08. The minimum Gasteiger partial charge on any atom is -0.332 e. The zero-order valence-electron chi connectivity index (χ0n) is 14.9.